The number of aliphatic hydroxyl groups excluding tert-OH is 2. The van der Waals surface area contributed by atoms with Crippen LogP contribution in [0, 0.1) is 22.7 Å². The van der Waals surface area contributed by atoms with E-state index in [0.29, 0.717) is 35.7 Å². The Bertz CT molecular complexity index is 952. The van der Waals surface area contributed by atoms with E-state index >= 15 is 0 Å². The summed E-state index contributed by atoms with van der Waals surface area (Å²) in [4.78, 5) is 4.43. The quantitative estimate of drug-likeness (QED) is 0.561. The normalized spacial score (nSPS) is 18.6. The maximum atomic E-state index is 10.4. The summed E-state index contributed by atoms with van der Waals surface area (Å²) in [6.07, 6.45) is -1.24. The molecule has 0 aliphatic carbocycles. The fourth-order valence-corrected chi connectivity index (χ4v) is 3.82. The number of piperazine rings is 1. The largest absolute Gasteiger partial charge is 0.491 e. The molecule has 1 fully saturated rings. The predicted octanol–water partition coefficient (Wildman–Crippen LogP) is 1.62. The number of benzene rings is 2. The molecule has 1 heterocycles. The van der Waals surface area contributed by atoms with E-state index in [1.807, 2.05) is 0 Å². The predicted molar refractivity (Wildman–Crippen MR) is 123 cm³/mol. The van der Waals surface area contributed by atoms with Crippen molar-refractivity contribution < 1.29 is 19.7 Å². The second-order valence-corrected chi connectivity index (χ2v) is 8.31. The van der Waals surface area contributed by atoms with Crippen molar-refractivity contribution in [1.29, 1.82) is 10.5 Å². The zero-order valence-electron chi connectivity index (χ0n) is 18.8. The van der Waals surface area contributed by atoms with Crippen LogP contribution in [0.1, 0.15) is 18.1 Å². The summed E-state index contributed by atoms with van der Waals surface area (Å²) in [5, 5.41) is 38.4. The standard InChI is InChI=1S/C25H30N4O4/c1-19-14-28(15-22(30)17-32-24-6-2-20(12-26)3-7-24)10-11-29(19)16-23(31)18-33-25-8-4-21(13-27)5-9-25/h2-9,19,22-23,30-31H,10-11,14-18H2,1H3/t19-,22-,23+/m1/s1. The Morgan fingerprint density at radius 2 is 1.33 bits per heavy atom. The first kappa shape index (κ1) is 24.5. The van der Waals surface area contributed by atoms with Crippen LogP contribution in [0.4, 0.5) is 0 Å². The molecular weight excluding hydrogens is 420 g/mol. The van der Waals surface area contributed by atoms with Gasteiger partial charge >= 0.3 is 0 Å². The minimum absolute atomic E-state index is 0.185. The summed E-state index contributed by atoms with van der Waals surface area (Å²) in [5.41, 5.74) is 1.14. The van der Waals surface area contributed by atoms with Gasteiger partial charge in [0.15, 0.2) is 0 Å². The van der Waals surface area contributed by atoms with Gasteiger partial charge in [0.1, 0.15) is 36.9 Å². The topological polar surface area (TPSA) is 113 Å². The summed E-state index contributed by atoms with van der Waals surface area (Å²) in [7, 11) is 0. The van der Waals surface area contributed by atoms with Gasteiger partial charge in [0.05, 0.1) is 23.3 Å². The molecule has 0 radical (unpaired) electrons. The lowest BCUT2D eigenvalue weighted by atomic mass is 10.1. The SMILES string of the molecule is C[C@@H]1CN(C[C@@H](O)COc2ccc(C#N)cc2)CCN1C[C@H](O)COc1ccc(C#N)cc1. The molecule has 1 saturated heterocycles. The molecule has 0 amide bonds. The van der Waals surface area contributed by atoms with E-state index in [0.717, 1.165) is 19.6 Å². The van der Waals surface area contributed by atoms with Gasteiger partial charge in [-0.2, -0.15) is 10.5 Å². The van der Waals surface area contributed by atoms with Crippen molar-refractivity contribution in [2.45, 2.75) is 25.2 Å². The molecule has 2 N–H and O–H groups in total. The molecule has 1 aliphatic rings. The molecule has 0 spiro atoms. The van der Waals surface area contributed by atoms with Crippen LogP contribution in [0.3, 0.4) is 0 Å². The minimum Gasteiger partial charge on any atom is -0.491 e. The summed E-state index contributed by atoms with van der Waals surface area (Å²) >= 11 is 0. The molecule has 0 bridgehead atoms. The Hall–Kier alpha value is -3.14. The van der Waals surface area contributed by atoms with E-state index < -0.39 is 12.2 Å². The summed E-state index contributed by atoms with van der Waals surface area (Å²) in [6, 6.07) is 18.0. The van der Waals surface area contributed by atoms with Gasteiger partial charge in [0, 0.05) is 38.8 Å². The van der Waals surface area contributed by atoms with Crippen molar-refractivity contribution in [3.05, 3.63) is 59.7 Å². The number of rotatable bonds is 10. The van der Waals surface area contributed by atoms with Gasteiger partial charge in [-0.3, -0.25) is 9.80 Å². The van der Waals surface area contributed by atoms with E-state index in [4.69, 9.17) is 20.0 Å². The van der Waals surface area contributed by atoms with Gasteiger partial charge in [-0.05, 0) is 55.5 Å². The molecule has 3 rings (SSSR count). The smallest absolute Gasteiger partial charge is 0.119 e. The van der Waals surface area contributed by atoms with Crippen LogP contribution >= 0.6 is 0 Å². The first-order valence-electron chi connectivity index (χ1n) is 11.0. The number of aliphatic hydroxyl groups is 2. The maximum Gasteiger partial charge on any atom is 0.119 e. The minimum atomic E-state index is -0.624. The lowest BCUT2D eigenvalue weighted by Crippen LogP contribution is -2.55. The molecule has 2 aromatic carbocycles. The Labute approximate surface area is 194 Å². The highest BCUT2D eigenvalue weighted by Crippen LogP contribution is 2.15. The van der Waals surface area contributed by atoms with E-state index in [1.54, 1.807) is 48.5 Å². The van der Waals surface area contributed by atoms with Crippen LogP contribution in [0.15, 0.2) is 48.5 Å². The first-order chi connectivity index (χ1) is 16.0. The molecule has 8 nitrogen and oxygen atoms in total. The van der Waals surface area contributed by atoms with Crippen molar-refractivity contribution in [2.24, 2.45) is 0 Å². The van der Waals surface area contributed by atoms with Gasteiger partial charge < -0.3 is 19.7 Å². The molecule has 3 atom stereocenters. The van der Waals surface area contributed by atoms with E-state index in [9.17, 15) is 10.2 Å². The van der Waals surface area contributed by atoms with Gasteiger partial charge in [0.2, 0.25) is 0 Å². The van der Waals surface area contributed by atoms with Crippen molar-refractivity contribution in [3.8, 4) is 23.6 Å². The summed E-state index contributed by atoms with van der Waals surface area (Å²) in [5.74, 6) is 1.26. The number of nitriles is 2. The van der Waals surface area contributed by atoms with Gasteiger partial charge in [0.25, 0.3) is 0 Å². The van der Waals surface area contributed by atoms with E-state index in [1.165, 1.54) is 0 Å². The van der Waals surface area contributed by atoms with Crippen molar-refractivity contribution >= 4 is 0 Å². The Morgan fingerprint density at radius 1 is 0.848 bits per heavy atom. The van der Waals surface area contributed by atoms with Gasteiger partial charge in [-0.15, -0.1) is 0 Å². The molecule has 0 unspecified atom stereocenters. The Kier molecular flexibility index (Phi) is 9.05. The second kappa shape index (κ2) is 12.2. The zero-order valence-corrected chi connectivity index (χ0v) is 18.8. The van der Waals surface area contributed by atoms with Crippen LogP contribution in [0.5, 0.6) is 11.5 Å². The first-order valence-corrected chi connectivity index (χ1v) is 11.0. The Balaban J connectivity index is 1.35. The number of hydrogen-bond acceptors (Lipinski definition) is 8. The maximum absolute atomic E-state index is 10.4. The number of ether oxygens (including phenoxy) is 2. The second-order valence-electron chi connectivity index (χ2n) is 8.31. The zero-order chi connectivity index (χ0) is 23.6. The molecule has 0 aromatic heterocycles. The third kappa shape index (κ3) is 7.74. The molecule has 2 aromatic rings. The lowest BCUT2D eigenvalue weighted by Gasteiger charge is -2.41. The lowest BCUT2D eigenvalue weighted by molar-refractivity contribution is 0.00244. The molecule has 1 aliphatic heterocycles. The third-order valence-corrected chi connectivity index (χ3v) is 5.62. The van der Waals surface area contributed by atoms with Crippen molar-refractivity contribution in [3.63, 3.8) is 0 Å². The highest BCUT2D eigenvalue weighted by molar-refractivity contribution is 5.35. The van der Waals surface area contributed by atoms with Crippen LogP contribution in [-0.4, -0.2) is 84.2 Å². The summed E-state index contributed by atoms with van der Waals surface area (Å²) < 4.78 is 11.3. The molecule has 0 saturated carbocycles. The highest BCUT2D eigenvalue weighted by atomic mass is 16.5. The van der Waals surface area contributed by atoms with Crippen LogP contribution in [0.25, 0.3) is 0 Å². The number of hydrogen-bond donors (Lipinski definition) is 2. The fourth-order valence-electron chi connectivity index (χ4n) is 3.82. The van der Waals surface area contributed by atoms with E-state index in [-0.39, 0.29) is 19.3 Å². The Morgan fingerprint density at radius 3 is 1.79 bits per heavy atom. The van der Waals surface area contributed by atoms with Crippen LogP contribution < -0.4 is 9.47 Å². The number of β-amino-alcohol motifs (C(OH)–C–C–N with tert-alkyl or cyclic N) is 2. The number of nitrogens with zero attached hydrogens (tertiary/aromatic N) is 4. The van der Waals surface area contributed by atoms with Crippen LogP contribution in [0.2, 0.25) is 0 Å². The van der Waals surface area contributed by atoms with E-state index in [2.05, 4.69) is 28.9 Å². The van der Waals surface area contributed by atoms with Crippen molar-refractivity contribution in [2.75, 3.05) is 45.9 Å². The molecule has 33 heavy (non-hydrogen) atoms. The van der Waals surface area contributed by atoms with Crippen molar-refractivity contribution in [1.82, 2.24) is 9.80 Å². The highest BCUT2D eigenvalue weighted by Gasteiger charge is 2.26. The average Bonchev–Trinajstić information content (AvgIpc) is 2.84. The average molecular weight is 451 g/mol. The summed E-state index contributed by atoms with van der Waals surface area (Å²) in [6.45, 7) is 5.88. The van der Waals surface area contributed by atoms with Crippen LogP contribution in [-0.2, 0) is 0 Å². The molecular formula is C25H30N4O4. The van der Waals surface area contributed by atoms with Gasteiger partial charge in [-0.1, -0.05) is 0 Å². The third-order valence-electron chi connectivity index (χ3n) is 5.62. The monoisotopic (exact) mass is 450 g/mol. The fraction of sp³-hybridized carbons (Fsp3) is 0.440. The van der Waals surface area contributed by atoms with Gasteiger partial charge in [-0.25, -0.2) is 0 Å². The molecule has 8 heteroatoms. The molecule has 174 valence electrons.